The number of benzene rings is 1. The molecule has 5 nitrogen and oxygen atoms in total. The molecule has 2 saturated heterocycles. The zero-order chi connectivity index (χ0) is 20.9. The van der Waals surface area contributed by atoms with Gasteiger partial charge < -0.3 is 9.47 Å². The quantitative estimate of drug-likeness (QED) is 0.689. The average molecular weight is 427 g/mol. The smallest absolute Gasteiger partial charge is 0.230 e. The van der Waals surface area contributed by atoms with Crippen LogP contribution in [0.25, 0.3) is 0 Å². The van der Waals surface area contributed by atoms with Crippen molar-refractivity contribution in [3.05, 3.63) is 53.1 Å². The van der Waals surface area contributed by atoms with Crippen LogP contribution in [0, 0.1) is 11.3 Å². The van der Waals surface area contributed by atoms with Crippen molar-refractivity contribution < 1.29 is 4.79 Å². The first kappa shape index (κ1) is 20.1. The predicted octanol–water partition coefficient (Wildman–Crippen LogP) is 4.35. The van der Waals surface area contributed by atoms with Crippen LogP contribution in [-0.4, -0.2) is 51.4 Å². The summed E-state index contributed by atoms with van der Waals surface area (Å²) in [6.45, 7) is 8.57. The van der Waals surface area contributed by atoms with Gasteiger partial charge in [0.25, 0.3) is 0 Å². The third-order valence-electron chi connectivity index (χ3n) is 7.26. The van der Waals surface area contributed by atoms with E-state index in [1.54, 1.807) is 0 Å². The number of amides is 1. The third kappa shape index (κ3) is 3.56. The van der Waals surface area contributed by atoms with E-state index in [1.807, 2.05) is 24.5 Å². The van der Waals surface area contributed by atoms with E-state index in [9.17, 15) is 4.79 Å². The Hall–Kier alpha value is -1.85. The summed E-state index contributed by atoms with van der Waals surface area (Å²) in [5.74, 6) is 1.21. The van der Waals surface area contributed by atoms with Gasteiger partial charge in [0.2, 0.25) is 5.91 Å². The maximum atomic E-state index is 13.7. The zero-order valence-electron chi connectivity index (χ0n) is 17.9. The summed E-state index contributed by atoms with van der Waals surface area (Å²) >= 11 is 6.44. The molecule has 2 aromatic rings. The highest BCUT2D eigenvalue weighted by Crippen LogP contribution is 2.50. The minimum atomic E-state index is -0.355. The molecule has 5 rings (SSSR count). The first-order valence-electron chi connectivity index (χ1n) is 11.2. The van der Waals surface area contributed by atoms with Crippen molar-refractivity contribution >= 4 is 17.5 Å². The molecule has 1 spiro atoms. The van der Waals surface area contributed by atoms with Gasteiger partial charge in [-0.2, -0.15) is 0 Å². The van der Waals surface area contributed by atoms with Gasteiger partial charge in [-0.05, 0) is 50.7 Å². The van der Waals surface area contributed by atoms with Crippen LogP contribution in [0.4, 0.5) is 0 Å². The van der Waals surface area contributed by atoms with Crippen LogP contribution in [0.15, 0.2) is 36.8 Å². The van der Waals surface area contributed by atoms with Crippen LogP contribution < -0.4 is 0 Å². The Labute approximate surface area is 184 Å². The Morgan fingerprint density at radius 1 is 1.27 bits per heavy atom. The fourth-order valence-electron chi connectivity index (χ4n) is 5.30. The fraction of sp³-hybridized carbons (Fsp3) is 0.583. The molecular formula is C24H31ClN4O. The fourth-order valence-corrected chi connectivity index (χ4v) is 5.50. The van der Waals surface area contributed by atoms with E-state index in [0.717, 1.165) is 61.3 Å². The molecule has 0 N–H and O–H groups in total. The van der Waals surface area contributed by atoms with Gasteiger partial charge in [-0.3, -0.25) is 9.69 Å². The summed E-state index contributed by atoms with van der Waals surface area (Å²) in [6.07, 6.45) is 7.56. The number of carbonyl (C=O) groups is 1. The average Bonchev–Trinajstić information content (AvgIpc) is 3.15. The Bertz CT molecular complexity index is 937. The summed E-state index contributed by atoms with van der Waals surface area (Å²) in [5.41, 5.74) is 1.83. The van der Waals surface area contributed by atoms with Crippen LogP contribution in [0.5, 0.6) is 0 Å². The van der Waals surface area contributed by atoms with Crippen LogP contribution in [-0.2, 0) is 11.3 Å². The molecule has 1 saturated carbocycles. The van der Waals surface area contributed by atoms with Gasteiger partial charge in [-0.15, -0.1) is 0 Å². The van der Waals surface area contributed by atoms with Gasteiger partial charge in [0.15, 0.2) is 0 Å². The molecule has 3 aliphatic rings. The monoisotopic (exact) mass is 426 g/mol. The van der Waals surface area contributed by atoms with E-state index in [1.165, 1.54) is 12.8 Å². The van der Waals surface area contributed by atoms with Crippen molar-refractivity contribution in [1.82, 2.24) is 19.4 Å². The summed E-state index contributed by atoms with van der Waals surface area (Å²) in [6, 6.07) is 8.41. The summed E-state index contributed by atoms with van der Waals surface area (Å²) in [7, 11) is 0. The van der Waals surface area contributed by atoms with Gasteiger partial charge in [0.05, 0.1) is 17.4 Å². The Morgan fingerprint density at radius 3 is 2.77 bits per heavy atom. The minimum absolute atomic E-state index is 0.136. The van der Waals surface area contributed by atoms with E-state index in [4.69, 9.17) is 16.6 Å². The lowest BCUT2D eigenvalue weighted by Crippen LogP contribution is -2.40. The highest BCUT2D eigenvalue weighted by Gasteiger charge is 2.58. The molecule has 1 aromatic carbocycles. The number of halogens is 1. The van der Waals surface area contributed by atoms with Crippen LogP contribution >= 0.6 is 11.6 Å². The number of rotatable bonds is 6. The van der Waals surface area contributed by atoms with Crippen molar-refractivity contribution in [2.45, 2.75) is 51.6 Å². The summed E-state index contributed by atoms with van der Waals surface area (Å²) in [4.78, 5) is 23.0. The molecule has 30 heavy (non-hydrogen) atoms. The van der Waals surface area contributed by atoms with Crippen LogP contribution in [0.1, 0.15) is 56.3 Å². The molecule has 2 atom stereocenters. The molecular weight excluding hydrogens is 396 g/mol. The predicted molar refractivity (Wildman–Crippen MR) is 118 cm³/mol. The first-order valence-corrected chi connectivity index (χ1v) is 11.6. The van der Waals surface area contributed by atoms with Gasteiger partial charge in [0.1, 0.15) is 0 Å². The molecule has 0 radical (unpaired) electrons. The maximum Gasteiger partial charge on any atom is 0.230 e. The van der Waals surface area contributed by atoms with Gasteiger partial charge in [0, 0.05) is 55.9 Å². The lowest BCUT2D eigenvalue weighted by Gasteiger charge is -2.28. The number of imidazole rings is 1. The largest absolute Gasteiger partial charge is 0.342 e. The molecule has 1 aromatic heterocycles. The molecule has 1 amide bonds. The molecule has 3 heterocycles. The Balaban J connectivity index is 1.44. The van der Waals surface area contributed by atoms with E-state index < -0.39 is 0 Å². The molecule has 160 valence electrons. The Morgan fingerprint density at radius 2 is 2.07 bits per heavy atom. The molecule has 6 heteroatoms. The maximum absolute atomic E-state index is 13.7. The summed E-state index contributed by atoms with van der Waals surface area (Å²) < 4.78 is 2.15. The lowest BCUT2D eigenvalue weighted by atomic mass is 9.75. The molecule has 3 fully saturated rings. The number of aromatic nitrogens is 2. The second kappa shape index (κ2) is 7.69. The number of likely N-dealkylation sites (tertiary alicyclic amines) is 2. The van der Waals surface area contributed by atoms with E-state index in [-0.39, 0.29) is 11.3 Å². The second-order valence-electron chi connectivity index (χ2n) is 9.75. The lowest BCUT2D eigenvalue weighted by molar-refractivity contribution is -0.136. The second-order valence-corrected chi connectivity index (χ2v) is 10.2. The third-order valence-corrected chi connectivity index (χ3v) is 7.63. The van der Waals surface area contributed by atoms with Gasteiger partial charge in [-0.25, -0.2) is 4.98 Å². The number of nitrogens with zero attached hydrogens (tertiary/aromatic N) is 4. The highest BCUT2D eigenvalue weighted by atomic mass is 35.5. The normalized spacial score (nSPS) is 27.1. The first-order chi connectivity index (χ1) is 14.5. The standard InChI is InChI=1S/C24H31ClN4O/c1-17(2)29-14-22(26-16-29)20-13-27(12-19-5-3-4-6-21(19)25)15-24(20)9-10-28(23(24)30)11-18-7-8-18/h3-6,14,16-18,20H,7-13,15H2,1-2H3/t20-,24-/m0/s1. The van der Waals surface area contributed by atoms with Gasteiger partial charge in [-0.1, -0.05) is 29.8 Å². The van der Waals surface area contributed by atoms with Crippen molar-refractivity contribution in [3.8, 4) is 0 Å². The number of hydrogen-bond acceptors (Lipinski definition) is 3. The van der Waals surface area contributed by atoms with Gasteiger partial charge >= 0.3 is 0 Å². The highest BCUT2D eigenvalue weighted by molar-refractivity contribution is 6.31. The molecule has 0 bridgehead atoms. The Kier molecular flexibility index (Phi) is 5.14. The van der Waals surface area contributed by atoms with Crippen molar-refractivity contribution in [1.29, 1.82) is 0 Å². The minimum Gasteiger partial charge on any atom is -0.342 e. The van der Waals surface area contributed by atoms with E-state index >= 15 is 0 Å². The molecule has 1 aliphatic carbocycles. The van der Waals surface area contributed by atoms with Crippen molar-refractivity contribution in [3.63, 3.8) is 0 Å². The molecule has 0 unspecified atom stereocenters. The van der Waals surface area contributed by atoms with Crippen LogP contribution in [0.2, 0.25) is 5.02 Å². The number of carbonyl (C=O) groups excluding carboxylic acids is 1. The zero-order valence-corrected chi connectivity index (χ0v) is 18.7. The molecule has 2 aliphatic heterocycles. The summed E-state index contributed by atoms with van der Waals surface area (Å²) in [5, 5.41) is 0.798. The van der Waals surface area contributed by atoms with E-state index in [0.29, 0.717) is 11.9 Å². The van der Waals surface area contributed by atoms with Crippen LogP contribution in [0.3, 0.4) is 0 Å². The van der Waals surface area contributed by atoms with Crippen molar-refractivity contribution in [2.75, 3.05) is 26.2 Å². The topological polar surface area (TPSA) is 41.4 Å². The SMILES string of the molecule is CC(C)n1cnc([C@@H]2CN(Cc3ccccc3Cl)C[C@@]23CCN(CC2CC2)C3=O)c1. The van der Waals surface area contributed by atoms with Crippen molar-refractivity contribution in [2.24, 2.45) is 11.3 Å². The number of hydrogen-bond donors (Lipinski definition) is 0. The van der Waals surface area contributed by atoms with E-state index in [2.05, 4.69) is 40.5 Å².